The van der Waals surface area contributed by atoms with E-state index in [4.69, 9.17) is 5.73 Å². The van der Waals surface area contributed by atoms with Crippen LogP contribution in [0.15, 0.2) is 39.7 Å². The van der Waals surface area contributed by atoms with E-state index in [2.05, 4.69) is 15.9 Å². The molecule has 112 valence electrons. The van der Waals surface area contributed by atoms with Gasteiger partial charge in [0.05, 0.1) is 11.4 Å². The Labute approximate surface area is 127 Å². The van der Waals surface area contributed by atoms with Crippen LogP contribution in [0.2, 0.25) is 0 Å². The molecule has 2 aromatic carbocycles. The molecule has 0 saturated heterocycles. The number of halogens is 4. The molecular weight excluding hydrogens is 373 g/mol. The molecule has 0 saturated carbocycles. The molecule has 0 heterocycles. The van der Waals surface area contributed by atoms with Gasteiger partial charge in [0, 0.05) is 4.47 Å². The van der Waals surface area contributed by atoms with Crippen molar-refractivity contribution in [2.45, 2.75) is 4.90 Å². The van der Waals surface area contributed by atoms with Gasteiger partial charge in [-0.2, -0.15) is 0 Å². The van der Waals surface area contributed by atoms with Gasteiger partial charge < -0.3 is 5.73 Å². The van der Waals surface area contributed by atoms with Crippen LogP contribution in [0.3, 0.4) is 0 Å². The maximum Gasteiger partial charge on any atom is 0.264 e. The lowest BCUT2D eigenvalue weighted by molar-refractivity contribution is 0.449. The van der Waals surface area contributed by atoms with E-state index in [0.29, 0.717) is 10.5 Å². The number of nitrogen functional groups attached to an aromatic ring is 1. The number of nitrogens with one attached hydrogen (secondary N) is 1. The predicted molar refractivity (Wildman–Crippen MR) is 75.7 cm³/mol. The van der Waals surface area contributed by atoms with Crippen molar-refractivity contribution < 1.29 is 21.6 Å². The maximum atomic E-state index is 13.5. The van der Waals surface area contributed by atoms with Crippen LogP contribution in [0.5, 0.6) is 0 Å². The van der Waals surface area contributed by atoms with Crippen LogP contribution in [-0.2, 0) is 10.0 Å². The molecule has 2 rings (SSSR count). The van der Waals surface area contributed by atoms with Crippen LogP contribution < -0.4 is 10.5 Å². The molecular formula is C12H8BrF3N2O2S. The molecule has 0 unspecified atom stereocenters. The second-order valence-corrected chi connectivity index (χ2v) is 6.58. The smallest absolute Gasteiger partial charge is 0.264 e. The SMILES string of the molecule is Nc1ccc(Br)cc1S(=O)(=O)Nc1ccc(F)c(F)c1F. The molecule has 21 heavy (non-hydrogen) atoms. The van der Waals surface area contributed by atoms with Gasteiger partial charge in [-0.25, -0.2) is 21.6 Å². The second-order valence-electron chi connectivity index (χ2n) is 4.01. The molecule has 2 aromatic rings. The lowest BCUT2D eigenvalue weighted by Gasteiger charge is -2.11. The molecule has 0 radical (unpaired) electrons. The van der Waals surface area contributed by atoms with Crippen LogP contribution in [0.1, 0.15) is 0 Å². The fraction of sp³-hybridized carbons (Fsp3) is 0. The van der Waals surface area contributed by atoms with Crippen LogP contribution in [-0.4, -0.2) is 8.42 Å². The average molecular weight is 381 g/mol. The summed E-state index contributed by atoms with van der Waals surface area (Å²) in [7, 11) is -4.25. The molecule has 4 nitrogen and oxygen atoms in total. The van der Waals surface area contributed by atoms with Crippen molar-refractivity contribution >= 4 is 37.3 Å². The number of rotatable bonds is 3. The van der Waals surface area contributed by atoms with Crippen molar-refractivity contribution in [3.05, 3.63) is 52.3 Å². The van der Waals surface area contributed by atoms with Crippen molar-refractivity contribution in [2.75, 3.05) is 10.5 Å². The molecule has 3 N–H and O–H groups in total. The fourth-order valence-electron chi connectivity index (χ4n) is 1.55. The Balaban J connectivity index is 2.47. The van der Waals surface area contributed by atoms with Crippen LogP contribution in [0.25, 0.3) is 0 Å². The third kappa shape index (κ3) is 3.13. The highest BCUT2D eigenvalue weighted by Crippen LogP contribution is 2.27. The van der Waals surface area contributed by atoms with E-state index < -0.39 is 33.2 Å². The maximum absolute atomic E-state index is 13.5. The summed E-state index contributed by atoms with van der Waals surface area (Å²) in [6.07, 6.45) is 0. The molecule has 9 heteroatoms. The molecule has 0 aliphatic heterocycles. The van der Waals surface area contributed by atoms with Crippen LogP contribution >= 0.6 is 15.9 Å². The zero-order valence-electron chi connectivity index (χ0n) is 10.2. The summed E-state index contributed by atoms with van der Waals surface area (Å²) >= 11 is 3.08. The molecule has 0 atom stereocenters. The Bertz CT molecular complexity index is 812. The Morgan fingerprint density at radius 2 is 1.71 bits per heavy atom. The highest BCUT2D eigenvalue weighted by Gasteiger charge is 2.22. The van der Waals surface area contributed by atoms with E-state index in [1.54, 1.807) is 0 Å². The first kappa shape index (κ1) is 15.6. The van der Waals surface area contributed by atoms with Crippen molar-refractivity contribution in [3.8, 4) is 0 Å². The summed E-state index contributed by atoms with van der Waals surface area (Å²) in [5, 5.41) is 0. The van der Waals surface area contributed by atoms with Gasteiger partial charge in [-0.3, -0.25) is 4.72 Å². The summed E-state index contributed by atoms with van der Waals surface area (Å²) in [6.45, 7) is 0. The van der Waals surface area contributed by atoms with Crippen LogP contribution in [0.4, 0.5) is 24.5 Å². The number of benzene rings is 2. The normalized spacial score (nSPS) is 11.4. The first-order valence-electron chi connectivity index (χ1n) is 5.43. The number of hydrogen-bond acceptors (Lipinski definition) is 3. The first-order chi connectivity index (χ1) is 9.72. The van der Waals surface area contributed by atoms with E-state index >= 15 is 0 Å². The van der Waals surface area contributed by atoms with Gasteiger partial charge in [-0.15, -0.1) is 0 Å². The largest absolute Gasteiger partial charge is 0.398 e. The van der Waals surface area contributed by atoms with Crippen molar-refractivity contribution in [1.29, 1.82) is 0 Å². The highest BCUT2D eigenvalue weighted by molar-refractivity contribution is 9.10. The number of anilines is 2. The Morgan fingerprint density at radius 1 is 1.05 bits per heavy atom. The number of nitrogens with two attached hydrogens (primary N) is 1. The Hall–Kier alpha value is -1.74. The molecule has 0 amide bonds. The van der Waals surface area contributed by atoms with Gasteiger partial charge in [0.2, 0.25) is 0 Å². The second kappa shape index (κ2) is 5.57. The van der Waals surface area contributed by atoms with E-state index in [1.807, 2.05) is 4.72 Å². The molecule has 0 aromatic heterocycles. The van der Waals surface area contributed by atoms with Gasteiger partial charge in [0.15, 0.2) is 17.5 Å². The zero-order valence-corrected chi connectivity index (χ0v) is 12.6. The topological polar surface area (TPSA) is 72.2 Å². The van der Waals surface area contributed by atoms with Gasteiger partial charge >= 0.3 is 0 Å². The van der Waals surface area contributed by atoms with E-state index in [1.165, 1.54) is 18.2 Å². The summed E-state index contributed by atoms with van der Waals surface area (Å²) in [4.78, 5) is -0.319. The molecule has 0 fully saturated rings. The van der Waals surface area contributed by atoms with E-state index in [-0.39, 0.29) is 10.6 Å². The van der Waals surface area contributed by atoms with Gasteiger partial charge in [0.25, 0.3) is 10.0 Å². The monoisotopic (exact) mass is 380 g/mol. The number of hydrogen-bond donors (Lipinski definition) is 2. The van der Waals surface area contributed by atoms with E-state index in [9.17, 15) is 21.6 Å². The third-order valence-electron chi connectivity index (χ3n) is 2.54. The van der Waals surface area contributed by atoms with Gasteiger partial charge in [-0.05, 0) is 30.3 Å². The first-order valence-corrected chi connectivity index (χ1v) is 7.71. The third-order valence-corrected chi connectivity index (χ3v) is 4.46. The van der Waals surface area contributed by atoms with Gasteiger partial charge in [-0.1, -0.05) is 15.9 Å². The minimum absolute atomic E-state index is 0.0753. The van der Waals surface area contributed by atoms with E-state index in [0.717, 1.165) is 6.07 Å². The lowest BCUT2D eigenvalue weighted by atomic mass is 10.3. The summed E-state index contributed by atoms with van der Waals surface area (Å²) in [5.74, 6) is -4.82. The standard InChI is InChI=1S/C12H8BrF3N2O2S/c13-6-1-3-8(17)10(5-6)21(19,20)18-9-4-2-7(14)11(15)12(9)16/h1-5,18H,17H2. The fourth-order valence-corrected chi connectivity index (χ4v) is 3.28. The quantitative estimate of drug-likeness (QED) is 0.634. The van der Waals surface area contributed by atoms with Crippen molar-refractivity contribution in [2.24, 2.45) is 0 Å². The lowest BCUT2D eigenvalue weighted by Crippen LogP contribution is -2.16. The zero-order chi connectivity index (χ0) is 15.8. The van der Waals surface area contributed by atoms with Crippen molar-refractivity contribution in [1.82, 2.24) is 0 Å². The molecule has 0 bridgehead atoms. The summed E-state index contributed by atoms with van der Waals surface area (Å²) in [6, 6.07) is 5.45. The number of sulfonamides is 1. The minimum atomic E-state index is -4.25. The predicted octanol–water partition coefficient (Wildman–Crippen LogP) is 3.25. The minimum Gasteiger partial charge on any atom is -0.398 e. The van der Waals surface area contributed by atoms with Gasteiger partial charge in [0.1, 0.15) is 4.90 Å². The average Bonchev–Trinajstić information content (AvgIpc) is 2.42. The van der Waals surface area contributed by atoms with Crippen LogP contribution in [0, 0.1) is 17.5 Å². The van der Waals surface area contributed by atoms with Crippen molar-refractivity contribution in [3.63, 3.8) is 0 Å². The Kier molecular flexibility index (Phi) is 4.15. The summed E-state index contributed by atoms with van der Waals surface area (Å²) < 4.78 is 65.9. The molecule has 0 aliphatic rings. The highest BCUT2D eigenvalue weighted by atomic mass is 79.9. The Morgan fingerprint density at radius 3 is 2.38 bits per heavy atom. The molecule has 0 spiro atoms. The summed E-state index contributed by atoms with van der Waals surface area (Å²) in [5.41, 5.74) is 4.76. The molecule has 0 aliphatic carbocycles.